The van der Waals surface area contributed by atoms with Crippen molar-refractivity contribution >= 4 is 11.6 Å². The summed E-state index contributed by atoms with van der Waals surface area (Å²) in [5.74, 6) is 2.13. The van der Waals surface area contributed by atoms with Gasteiger partial charge in [0.05, 0.1) is 0 Å². The Hall–Kier alpha value is -1.32. The lowest BCUT2D eigenvalue weighted by Crippen LogP contribution is -2.16. The van der Waals surface area contributed by atoms with Gasteiger partial charge in [-0.1, -0.05) is 12.8 Å². The summed E-state index contributed by atoms with van der Waals surface area (Å²) in [7, 11) is 0. The van der Waals surface area contributed by atoms with E-state index in [2.05, 4.69) is 15.3 Å². The van der Waals surface area contributed by atoms with Crippen molar-refractivity contribution in [1.29, 1.82) is 0 Å². The van der Waals surface area contributed by atoms with Gasteiger partial charge in [-0.3, -0.25) is 0 Å². The number of hydrogen-bond donors (Lipinski definition) is 2. The van der Waals surface area contributed by atoms with Crippen LogP contribution in [-0.4, -0.2) is 16.0 Å². The number of anilines is 2. The Kier molecular flexibility index (Phi) is 2.52. The molecule has 0 bridgehead atoms. The smallest absolute Gasteiger partial charge is 0.132 e. The normalized spacial score (nSPS) is 17.2. The zero-order chi connectivity index (χ0) is 9.97. The predicted octanol–water partition coefficient (Wildman–Crippen LogP) is 1.72. The van der Waals surface area contributed by atoms with Crippen molar-refractivity contribution in [2.24, 2.45) is 0 Å². The van der Waals surface area contributed by atoms with Crippen LogP contribution in [0.15, 0.2) is 6.07 Å². The second-order valence-corrected chi connectivity index (χ2v) is 3.85. The third kappa shape index (κ3) is 2.13. The van der Waals surface area contributed by atoms with Gasteiger partial charge in [-0.2, -0.15) is 0 Å². The maximum atomic E-state index is 5.64. The van der Waals surface area contributed by atoms with Crippen LogP contribution in [0.4, 0.5) is 11.6 Å². The standard InChI is InChI=1S/C10H16N4/c1-7-12-9(11)6-10(13-7)14-8-4-2-3-5-8/h6,8H,2-5H2,1H3,(H3,11,12,13,14). The molecule has 76 valence electrons. The summed E-state index contributed by atoms with van der Waals surface area (Å²) in [6, 6.07) is 2.37. The Balaban J connectivity index is 2.07. The molecule has 1 fully saturated rings. The molecular formula is C10H16N4. The molecule has 3 N–H and O–H groups in total. The predicted molar refractivity (Wildman–Crippen MR) is 57.1 cm³/mol. The lowest BCUT2D eigenvalue weighted by Gasteiger charge is -2.12. The second-order valence-electron chi connectivity index (χ2n) is 3.85. The van der Waals surface area contributed by atoms with E-state index in [-0.39, 0.29) is 0 Å². The van der Waals surface area contributed by atoms with Crippen molar-refractivity contribution in [3.05, 3.63) is 11.9 Å². The Labute approximate surface area is 83.9 Å². The molecular weight excluding hydrogens is 176 g/mol. The third-order valence-corrected chi connectivity index (χ3v) is 2.56. The van der Waals surface area contributed by atoms with Gasteiger partial charge in [0.2, 0.25) is 0 Å². The van der Waals surface area contributed by atoms with E-state index in [1.165, 1.54) is 25.7 Å². The number of rotatable bonds is 2. The number of nitrogens with two attached hydrogens (primary N) is 1. The first kappa shape index (κ1) is 9.24. The highest BCUT2D eigenvalue weighted by Crippen LogP contribution is 2.21. The van der Waals surface area contributed by atoms with Crippen LogP contribution in [-0.2, 0) is 0 Å². The molecule has 1 aliphatic rings. The van der Waals surface area contributed by atoms with Gasteiger partial charge < -0.3 is 11.1 Å². The van der Waals surface area contributed by atoms with Crippen molar-refractivity contribution in [2.75, 3.05) is 11.1 Å². The Morgan fingerprint density at radius 1 is 1.36 bits per heavy atom. The van der Waals surface area contributed by atoms with Gasteiger partial charge in [0.25, 0.3) is 0 Å². The average Bonchev–Trinajstić information content (AvgIpc) is 2.54. The highest BCUT2D eigenvalue weighted by molar-refractivity contribution is 5.45. The van der Waals surface area contributed by atoms with Crippen molar-refractivity contribution in [1.82, 2.24) is 9.97 Å². The zero-order valence-corrected chi connectivity index (χ0v) is 8.45. The molecule has 1 heterocycles. The van der Waals surface area contributed by atoms with Crippen LogP contribution >= 0.6 is 0 Å². The fourth-order valence-corrected chi connectivity index (χ4v) is 1.94. The van der Waals surface area contributed by atoms with E-state index in [4.69, 9.17) is 5.73 Å². The van der Waals surface area contributed by atoms with Gasteiger partial charge in [-0.15, -0.1) is 0 Å². The van der Waals surface area contributed by atoms with E-state index in [1.807, 2.05) is 6.92 Å². The van der Waals surface area contributed by atoms with E-state index >= 15 is 0 Å². The summed E-state index contributed by atoms with van der Waals surface area (Å²) in [6.07, 6.45) is 5.11. The van der Waals surface area contributed by atoms with E-state index in [9.17, 15) is 0 Å². The molecule has 0 aromatic carbocycles. The summed E-state index contributed by atoms with van der Waals surface area (Å²) in [4.78, 5) is 8.33. The summed E-state index contributed by atoms with van der Waals surface area (Å²) in [5.41, 5.74) is 5.64. The molecule has 0 aliphatic heterocycles. The van der Waals surface area contributed by atoms with Crippen LogP contribution in [0.25, 0.3) is 0 Å². The molecule has 2 rings (SSSR count). The largest absolute Gasteiger partial charge is 0.384 e. The number of hydrogen-bond acceptors (Lipinski definition) is 4. The highest BCUT2D eigenvalue weighted by atomic mass is 15.1. The van der Waals surface area contributed by atoms with Crippen LogP contribution in [0.5, 0.6) is 0 Å². The Bertz CT molecular complexity index is 298. The molecule has 0 unspecified atom stereocenters. The van der Waals surface area contributed by atoms with Gasteiger partial charge in [0, 0.05) is 12.1 Å². The van der Waals surface area contributed by atoms with E-state index in [0.29, 0.717) is 11.9 Å². The molecule has 1 saturated carbocycles. The lowest BCUT2D eigenvalue weighted by atomic mass is 10.2. The highest BCUT2D eigenvalue weighted by Gasteiger charge is 2.15. The van der Waals surface area contributed by atoms with Crippen molar-refractivity contribution in [3.8, 4) is 0 Å². The van der Waals surface area contributed by atoms with Crippen molar-refractivity contribution in [3.63, 3.8) is 0 Å². The van der Waals surface area contributed by atoms with E-state index in [1.54, 1.807) is 6.07 Å². The summed E-state index contributed by atoms with van der Waals surface area (Å²) in [5, 5.41) is 3.39. The van der Waals surface area contributed by atoms with Gasteiger partial charge in [-0.25, -0.2) is 9.97 Å². The molecule has 0 radical (unpaired) electrons. The first-order valence-corrected chi connectivity index (χ1v) is 5.12. The second kappa shape index (κ2) is 3.82. The quantitative estimate of drug-likeness (QED) is 0.749. The Morgan fingerprint density at radius 2 is 2.07 bits per heavy atom. The van der Waals surface area contributed by atoms with Crippen LogP contribution in [0.2, 0.25) is 0 Å². The van der Waals surface area contributed by atoms with Gasteiger partial charge in [-0.05, 0) is 19.8 Å². The van der Waals surface area contributed by atoms with Gasteiger partial charge in [0.15, 0.2) is 0 Å². The maximum Gasteiger partial charge on any atom is 0.132 e. The first-order chi connectivity index (χ1) is 6.74. The monoisotopic (exact) mass is 192 g/mol. The number of aromatic nitrogens is 2. The fourth-order valence-electron chi connectivity index (χ4n) is 1.94. The molecule has 4 nitrogen and oxygen atoms in total. The zero-order valence-electron chi connectivity index (χ0n) is 8.45. The van der Waals surface area contributed by atoms with Crippen molar-refractivity contribution < 1.29 is 0 Å². The summed E-state index contributed by atoms with van der Waals surface area (Å²) in [6.45, 7) is 1.86. The maximum absolute atomic E-state index is 5.64. The van der Waals surface area contributed by atoms with Gasteiger partial charge >= 0.3 is 0 Å². The molecule has 0 atom stereocenters. The number of aryl methyl sites for hydroxylation is 1. The summed E-state index contributed by atoms with van der Waals surface area (Å²) < 4.78 is 0. The molecule has 14 heavy (non-hydrogen) atoms. The minimum atomic E-state index is 0.540. The number of nitrogen functional groups attached to an aromatic ring is 1. The molecule has 4 heteroatoms. The third-order valence-electron chi connectivity index (χ3n) is 2.56. The molecule has 0 amide bonds. The molecule has 0 spiro atoms. The number of nitrogens with zero attached hydrogens (tertiary/aromatic N) is 2. The minimum Gasteiger partial charge on any atom is -0.384 e. The fraction of sp³-hybridized carbons (Fsp3) is 0.600. The number of nitrogens with one attached hydrogen (secondary N) is 1. The molecule has 1 aliphatic carbocycles. The van der Waals surface area contributed by atoms with Crippen molar-refractivity contribution in [2.45, 2.75) is 38.6 Å². The Morgan fingerprint density at radius 3 is 2.71 bits per heavy atom. The summed E-state index contributed by atoms with van der Waals surface area (Å²) >= 11 is 0. The van der Waals surface area contributed by atoms with Crippen LogP contribution in [0.1, 0.15) is 31.5 Å². The van der Waals surface area contributed by atoms with Crippen LogP contribution < -0.4 is 11.1 Å². The first-order valence-electron chi connectivity index (χ1n) is 5.12. The van der Waals surface area contributed by atoms with E-state index in [0.717, 1.165) is 11.6 Å². The molecule has 1 aromatic heterocycles. The lowest BCUT2D eigenvalue weighted by molar-refractivity contribution is 0.748. The van der Waals surface area contributed by atoms with E-state index < -0.39 is 0 Å². The van der Waals surface area contributed by atoms with Crippen LogP contribution in [0, 0.1) is 6.92 Å². The topological polar surface area (TPSA) is 63.8 Å². The average molecular weight is 192 g/mol. The molecule has 1 aromatic rings. The SMILES string of the molecule is Cc1nc(N)cc(NC2CCCC2)n1. The van der Waals surface area contributed by atoms with Crippen LogP contribution in [0.3, 0.4) is 0 Å². The van der Waals surface area contributed by atoms with Gasteiger partial charge in [0.1, 0.15) is 17.5 Å². The minimum absolute atomic E-state index is 0.540. The molecule has 0 saturated heterocycles.